The van der Waals surface area contributed by atoms with E-state index in [1.807, 2.05) is 18.7 Å². The Bertz CT molecular complexity index is 540. The van der Waals surface area contributed by atoms with E-state index in [0.717, 1.165) is 18.4 Å². The van der Waals surface area contributed by atoms with E-state index in [1.165, 1.54) is 7.11 Å². The van der Waals surface area contributed by atoms with Gasteiger partial charge in [-0.3, -0.25) is 4.79 Å². The van der Waals surface area contributed by atoms with Crippen molar-refractivity contribution < 1.29 is 14.3 Å². The van der Waals surface area contributed by atoms with Crippen molar-refractivity contribution in [3.8, 4) is 0 Å². The Hall–Kier alpha value is -2.10. The lowest BCUT2D eigenvalue weighted by Gasteiger charge is -2.25. The maximum atomic E-state index is 12.2. The molecular weight excluding hydrogens is 266 g/mol. The van der Waals surface area contributed by atoms with Gasteiger partial charge in [-0.05, 0) is 50.5 Å². The molecular formula is C17H21NO3. The van der Waals surface area contributed by atoms with Gasteiger partial charge >= 0.3 is 5.97 Å². The Morgan fingerprint density at radius 3 is 2.33 bits per heavy atom. The highest BCUT2D eigenvalue weighted by Crippen LogP contribution is 2.28. The van der Waals surface area contributed by atoms with Crippen LogP contribution in [0.3, 0.4) is 0 Å². The van der Waals surface area contributed by atoms with Crippen LogP contribution in [0.25, 0.3) is 6.08 Å². The van der Waals surface area contributed by atoms with Crippen LogP contribution in [0.2, 0.25) is 0 Å². The zero-order valence-corrected chi connectivity index (χ0v) is 12.7. The number of benzene rings is 1. The van der Waals surface area contributed by atoms with Crippen LogP contribution >= 0.6 is 0 Å². The first-order chi connectivity index (χ1) is 10.0. The van der Waals surface area contributed by atoms with Crippen molar-refractivity contribution in [1.29, 1.82) is 0 Å². The topological polar surface area (TPSA) is 46.6 Å². The number of hydrogen-bond acceptors (Lipinski definition) is 3. The average molecular weight is 287 g/mol. The molecule has 1 aromatic carbocycles. The fourth-order valence-corrected chi connectivity index (χ4v) is 2.31. The van der Waals surface area contributed by atoms with E-state index in [1.54, 1.807) is 36.4 Å². The number of rotatable bonds is 5. The van der Waals surface area contributed by atoms with E-state index in [2.05, 4.69) is 4.74 Å². The summed E-state index contributed by atoms with van der Waals surface area (Å²) in [5.41, 5.74) is 1.39. The van der Waals surface area contributed by atoms with Crippen molar-refractivity contribution in [2.45, 2.75) is 38.8 Å². The van der Waals surface area contributed by atoms with Crippen LogP contribution < -0.4 is 0 Å². The molecule has 0 bridgehead atoms. The van der Waals surface area contributed by atoms with Gasteiger partial charge in [0.1, 0.15) is 0 Å². The molecule has 0 radical (unpaired) electrons. The van der Waals surface area contributed by atoms with E-state index in [0.29, 0.717) is 11.6 Å². The third-order valence-electron chi connectivity index (χ3n) is 3.50. The van der Waals surface area contributed by atoms with Gasteiger partial charge in [0.2, 0.25) is 5.91 Å². The van der Waals surface area contributed by atoms with Crippen LogP contribution in [0.15, 0.2) is 30.3 Å². The van der Waals surface area contributed by atoms with E-state index in [9.17, 15) is 9.59 Å². The monoisotopic (exact) mass is 287 g/mol. The fourth-order valence-electron chi connectivity index (χ4n) is 2.31. The summed E-state index contributed by atoms with van der Waals surface area (Å²) < 4.78 is 4.65. The average Bonchev–Trinajstić information content (AvgIpc) is 3.29. The Morgan fingerprint density at radius 1 is 1.24 bits per heavy atom. The second kappa shape index (κ2) is 6.57. The number of amides is 1. The van der Waals surface area contributed by atoms with Crippen LogP contribution in [-0.2, 0) is 9.53 Å². The lowest BCUT2D eigenvalue weighted by molar-refractivity contribution is -0.128. The van der Waals surface area contributed by atoms with Gasteiger partial charge in [0.15, 0.2) is 0 Å². The lowest BCUT2D eigenvalue weighted by Crippen LogP contribution is -2.37. The summed E-state index contributed by atoms with van der Waals surface area (Å²) in [5.74, 6) is -0.314. The minimum atomic E-state index is -0.360. The van der Waals surface area contributed by atoms with Crippen molar-refractivity contribution in [1.82, 2.24) is 4.90 Å². The van der Waals surface area contributed by atoms with Crippen LogP contribution in [0.1, 0.15) is 42.6 Å². The molecule has 1 aliphatic rings. The SMILES string of the molecule is COC(=O)c1ccc(/C=C/C(=O)N(C(C)C)C2CC2)cc1. The molecule has 1 saturated carbocycles. The minimum absolute atomic E-state index is 0.0459. The van der Waals surface area contributed by atoms with Gasteiger partial charge in [-0.25, -0.2) is 4.79 Å². The predicted molar refractivity (Wildman–Crippen MR) is 81.8 cm³/mol. The molecule has 2 rings (SSSR count). The molecule has 0 saturated heterocycles. The molecule has 4 heteroatoms. The lowest BCUT2D eigenvalue weighted by atomic mass is 10.1. The number of carbonyl (C=O) groups is 2. The van der Waals surface area contributed by atoms with Gasteiger partial charge in [-0.1, -0.05) is 12.1 Å². The van der Waals surface area contributed by atoms with Gasteiger partial charge in [-0.2, -0.15) is 0 Å². The third-order valence-corrected chi connectivity index (χ3v) is 3.50. The molecule has 0 aliphatic heterocycles. The summed E-state index contributed by atoms with van der Waals surface area (Å²) in [6.07, 6.45) is 5.59. The maximum Gasteiger partial charge on any atom is 0.337 e. The molecule has 21 heavy (non-hydrogen) atoms. The van der Waals surface area contributed by atoms with Gasteiger partial charge in [0, 0.05) is 18.2 Å². The van der Waals surface area contributed by atoms with Crippen molar-refractivity contribution in [3.63, 3.8) is 0 Å². The molecule has 1 aliphatic carbocycles. The minimum Gasteiger partial charge on any atom is -0.465 e. The molecule has 112 valence electrons. The predicted octanol–water partition coefficient (Wildman–Crippen LogP) is 2.89. The standard InChI is InChI=1S/C17H21NO3/c1-12(2)18(15-9-10-15)16(19)11-6-13-4-7-14(8-5-13)17(20)21-3/h4-8,11-12,15H,9-10H2,1-3H3/b11-6+. The van der Waals surface area contributed by atoms with Gasteiger partial charge in [-0.15, -0.1) is 0 Å². The summed E-state index contributed by atoms with van der Waals surface area (Å²) >= 11 is 0. The maximum absolute atomic E-state index is 12.2. The van der Waals surface area contributed by atoms with E-state index >= 15 is 0 Å². The van der Waals surface area contributed by atoms with Crippen molar-refractivity contribution in [3.05, 3.63) is 41.5 Å². The van der Waals surface area contributed by atoms with Gasteiger partial charge in [0.25, 0.3) is 0 Å². The highest BCUT2D eigenvalue weighted by molar-refractivity contribution is 5.93. The first kappa shape index (κ1) is 15.3. The molecule has 0 spiro atoms. The summed E-state index contributed by atoms with van der Waals surface area (Å²) in [6.45, 7) is 4.07. The second-order valence-electron chi connectivity index (χ2n) is 5.52. The molecule has 0 atom stereocenters. The molecule has 0 N–H and O–H groups in total. The number of carbonyl (C=O) groups excluding carboxylic acids is 2. The Labute approximate surface area is 125 Å². The Morgan fingerprint density at radius 2 is 1.86 bits per heavy atom. The summed E-state index contributed by atoms with van der Waals surface area (Å²) in [7, 11) is 1.35. The molecule has 1 amide bonds. The molecule has 1 aromatic rings. The third kappa shape index (κ3) is 3.94. The highest BCUT2D eigenvalue weighted by Gasteiger charge is 2.33. The summed E-state index contributed by atoms with van der Waals surface area (Å²) in [5, 5.41) is 0. The van der Waals surface area contributed by atoms with E-state index in [-0.39, 0.29) is 17.9 Å². The van der Waals surface area contributed by atoms with Crippen LogP contribution in [-0.4, -0.2) is 36.0 Å². The van der Waals surface area contributed by atoms with Gasteiger partial charge < -0.3 is 9.64 Å². The van der Waals surface area contributed by atoms with Crippen molar-refractivity contribution in [2.75, 3.05) is 7.11 Å². The van der Waals surface area contributed by atoms with E-state index in [4.69, 9.17) is 0 Å². The highest BCUT2D eigenvalue weighted by atomic mass is 16.5. The number of hydrogen-bond donors (Lipinski definition) is 0. The zero-order chi connectivity index (χ0) is 15.4. The van der Waals surface area contributed by atoms with Crippen LogP contribution in [0.5, 0.6) is 0 Å². The van der Waals surface area contributed by atoms with Crippen LogP contribution in [0.4, 0.5) is 0 Å². The Balaban J connectivity index is 2.03. The number of esters is 1. The van der Waals surface area contributed by atoms with Crippen molar-refractivity contribution >= 4 is 18.0 Å². The molecule has 4 nitrogen and oxygen atoms in total. The van der Waals surface area contributed by atoms with Crippen molar-refractivity contribution in [2.24, 2.45) is 0 Å². The Kier molecular flexibility index (Phi) is 4.78. The first-order valence-corrected chi connectivity index (χ1v) is 7.21. The summed E-state index contributed by atoms with van der Waals surface area (Å²) in [4.78, 5) is 25.5. The number of nitrogens with zero attached hydrogens (tertiary/aromatic N) is 1. The zero-order valence-electron chi connectivity index (χ0n) is 12.7. The van der Waals surface area contributed by atoms with Gasteiger partial charge in [0.05, 0.1) is 12.7 Å². The molecule has 0 unspecified atom stereocenters. The molecule has 0 aromatic heterocycles. The summed E-state index contributed by atoms with van der Waals surface area (Å²) in [6, 6.07) is 7.61. The van der Waals surface area contributed by atoms with E-state index < -0.39 is 0 Å². The largest absolute Gasteiger partial charge is 0.465 e. The molecule has 0 heterocycles. The molecule has 1 fully saturated rings. The fraction of sp³-hybridized carbons (Fsp3) is 0.412. The second-order valence-corrected chi connectivity index (χ2v) is 5.52. The quantitative estimate of drug-likeness (QED) is 0.618. The van der Waals surface area contributed by atoms with Crippen LogP contribution in [0, 0.1) is 0 Å². The number of ether oxygens (including phenoxy) is 1. The number of methoxy groups -OCH3 is 1. The first-order valence-electron chi connectivity index (χ1n) is 7.21. The smallest absolute Gasteiger partial charge is 0.337 e. The normalized spacial score (nSPS) is 14.5.